The van der Waals surface area contributed by atoms with Gasteiger partial charge in [-0.1, -0.05) is 6.07 Å². The molecule has 236 valence electrons. The van der Waals surface area contributed by atoms with Gasteiger partial charge in [0.15, 0.2) is 0 Å². The molecule has 2 atom stereocenters. The Hall–Kier alpha value is -3.30. The summed E-state index contributed by atoms with van der Waals surface area (Å²) in [5.74, 6) is -5.67. The molecule has 1 aliphatic carbocycles. The Morgan fingerprint density at radius 2 is 1.74 bits per heavy atom. The number of thiazole rings is 1. The summed E-state index contributed by atoms with van der Waals surface area (Å²) in [7, 11) is 0. The second-order valence-electron chi connectivity index (χ2n) is 10.8. The summed E-state index contributed by atoms with van der Waals surface area (Å²) < 4.78 is 104. The monoisotopic (exact) mass is 639 g/mol. The van der Waals surface area contributed by atoms with E-state index in [9.17, 15) is 44.7 Å². The van der Waals surface area contributed by atoms with Crippen molar-refractivity contribution in [2.75, 3.05) is 0 Å². The smallest absolute Gasteiger partial charge is 0.365 e. The fourth-order valence-electron chi connectivity index (χ4n) is 5.21. The van der Waals surface area contributed by atoms with Crippen molar-refractivity contribution >= 4 is 34.2 Å². The van der Waals surface area contributed by atoms with E-state index in [1.807, 2.05) is 0 Å². The molecule has 0 saturated heterocycles. The van der Waals surface area contributed by atoms with Gasteiger partial charge in [0.05, 0.1) is 40.1 Å². The number of carbonyl (C=O) groups excluding carboxylic acids is 2. The van der Waals surface area contributed by atoms with Crippen LogP contribution < -0.4 is 11.1 Å². The first kappa shape index (κ1) is 32.6. The van der Waals surface area contributed by atoms with Gasteiger partial charge in [0, 0.05) is 32.1 Å². The minimum absolute atomic E-state index is 0.0285. The number of fused-ring (bicyclic) bond motifs is 1. The number of benzene rings is 1. The zero-order chi connectivity index (χ0) is 31.7. The number of nitrogens with two attached hydrogens (primary N) is 1. The zero-order valence-electron chi connectivity index (χ0n) is 22.8. The number of alkyl halides is 8. The van der Waals surface area contributed by atoms with Gasteiger partial charge in [-0.3, -0.25) is 9.59 Å². The van der Waals surface area contributed by atoms with Crippen LogP contribution in [-0.2, 0) is 11.2 Å². The molecule has 2 aromatic heterocycles. The third kappa shape index (κ3) is 8.63. The van der Waals surface area contributed by atoms with E-state index in [0.717, 1.165) is 11.3 Å². The number of carbonyl (C=O) groups is 2. The molecule has 43 heavy (non-hydrogen) atoms. The third-order valence-corrected chi connectivity index (χ3v) is 8.55. The highest BCUT2D eigenvalue weighted by atomic mass is 32.1. The second kappa shape index (κ2) is 12.4. The number of imidazole rings is 1. The SMILES string of the molecule is C[C@@H](NC(=O)CCC(F)(F)F)c1ccc2nc([C@H](c3nc(CCC(F)(F)F)sc3C(N)=O)C3CCC(F)(F)CC3)[nH]c2c1. The first-order valence-electron chi connectivity index (χ1n) is 13.5. The van der Waals surface area contributed by atoms with Gasteiger partial charge in [-0.2, -0.15) is 26.3 Å². The topological polar surface area (TPSA) is 114 Å². The molecular weight excluding hydrogens is 610 g/mol. The average Bonchev–Trinajstić information content (AvgIpc) is 3.51. The number of rotatable bonds is 10. The van der Waals surface area contributed by atoms with Crippen LogP contribution in [0.1, 0.15) is 95.6 Å². The standard InChI is InChI=1S/C27H29F8N5O2S/c1-13(37-18(41)6-10-26(30,31)32)15-2-3-16-17(12-15)39-24(38-16)20(14-4-8-25(28,29)9-5-14)21-22(23(36)42)43-19(40-21)7-11-27(33,34)35/h2-3,12-14,20H,4-11H2,1H3,(H2,36,42)(H,37,41)(H,38,39)/t13-,20+/m1/s1. The summed E-state index contributed by atoms with van der Waals surface area (Å²) >= 11 is 0.733. The normalized spacial score (nSPS) is 17.6. The molecule has 4 N–H and O–H groups in total. The molecule has 1 fully saturated rings. The van der Waals surface area contributed by atoms with E-state index in [-0.39, 0.29) is 34.2 Å². The molecular formula is C27H29F8N5O2S. The number of nitrogens with zero attached hydrogens (tertiary/aromatic N) is 2. The highest BCUT2D eigenvalue weighted by Crippen LogP contribution is 2.46. The fraction of sp³-hybridized carbons (Fsp3) is 0.556. The molecule has 4 rings (SSSR count). The van der Waals surface area contributed by atoms with Crippen LogP contribution in [0.4, 0.5) is 35.1 Å². The third-order valence-electron chi connectivity index (χ3n) is 7.40. The van der Waals surface area contributed by atoms with E-state index in [1.54, 1.807) is 25.1 Å². The predicted octanol–water partition coefficient (Wildman–Crippen LogP) is 7.09. The largest absolute Gasteiger partial charge is 0.389 e. The van der Waals surface area contributed by atoms with Gasteiger partial charge in [-0.25, -0.2) is 18.7 Å². The predicted molar refractivity (Wildman–Crippen MR) is 142 cm³/mol. The molecule has 2 heterocycles. The van der Waals surface area contributed by atoms with Crippen molar-refractivity contribution in [1.82, 2.24) is 20.3 Å². The number of primary amides is 1. The summed E-state index contributed by atoms with van der Waals surface area (Å²) in [6, 6.07) is 4.17. The Morgan fingerprint density at radius 3 is 2.35 bits per heavy atom. The molecule has 1 aliphatic rings. The lowest BCUT2D eigenvalue weighted by molar-refractivity contribution is -0.144. The quantitative estimate of drug-likeness (QED) is 0.206. The number of aromatic amines is 1. The van der Waals surface area contributed by atoms with Crippen molar-refractivity contribution in [1.29, 1.82) is 0 Å². The van der Waals surface area contributed by atoms with Crippen molar-refractivity contribution in [3.63, 3.8) is 0 Å². The van der Waals surface area contributed by atoms with Crippen molar-refractivity contribution in [2.24, 2.45) is 11.7 Å². The van der Waals surface area contributed by atoms with Crippen molar-refractivity contribution in [3.05, 3.63) is 45.2 Å². The highest BCUT2D eigenvalue weighted by Gasteiger charge is 2.42. The Kier molecular flexibility index (Phi) is 9.38. The number of nitrogens with one attached hydrogen (secondary N) is 2. The summed E-state index contributed by atoms with van der Waals surface area (Å²) in [4.78, 5) is 36.3. The number of hydrogen-bond acceptors (Lipinski definition) is 5. The van der Waals surface area contributed by atoms with Crippen molar-refractivity contribution < 1.29 is 44.7 Å². The molecule has 16 heteroatoms. The van der Waals surface area contributed by atoms with Gasteiger partial charge in [-0.05, 0) is 43.4 Å². The van der Waals surface area contributed by atoms with E-state index >= 15 is 0 Å². The maximum atomic E-state index is 14.1. The molecule has 0 aliphatic heterocycles. The summed E-state index contributed by atoms with van der Waals surface area (Å²) in [5, 5.41) is 2.54. The number of aromatic nitrogens is 3. The Balaban J connectivity index is 1.67. The number of H-pyrrole nitrogens is 1. The van der Waals surface area contributed by atoms with E-state index in [0.29, 0.717) is 16.6 Å². The Labute approximate surface area is 244 Å². The Bertz CT molecular complexity index is 1460. The summed E-state index contributed by atoms with van der Waals surface area (Å²) in [6.45, 7) is 1.59. The van der Waals surface area contributed by atoms with Crippen LogP contribution in [0, 0.1) is 5.92 Å². The lowest BCUT2D eigenvalue weighted by Crippen LogP contribution is -2.29. The molecule has 1 aromatic carbocycles. The highest BCUT2D eigenvalue weighted by molar-refractivity contribution is 7.13. The number of hydrogen-bond donors (Lipinski definition) is 3. The molecule has 2 amide bonds. The van der Waals surface area contributed by atoms with E-state index in [4.69, 9.17) is 5.73 Å². The lowest BCUT2D eigenvalue weighted by atomic mass is 9.76. The van der Waals surface area contributed by atoms with Crippen LogP contribution in [-0.4, -0.2) is 45.0 Å². The van der Waals surface area contributed by atoms with Gasteiger partial charge in [-0.15, -0.1) is 11.3 Å². The van der Waals surface area contributed by atoms with Crippen molar-refractivity contribution in [2.45, 2.75) is 88.5 Å². The molecule has 1 saturated carbocycles. The molecule has 0 spiro atoms. The number of amides is 2. The van der Waals surface area contributed by atoms with Crippen LogP contribution in [0.15, 0.2) is 18.2 Å². The molecule has 0 unspecified atom stereocenters. The summed E-state index contributed by atoms with van der Waals surface area (Å²) in [6.07, 6.45) is -13.4. The maximum absolute atomic E-state index is 14.1. The molecule has 0 bridgehead atoms. The van der Waals surface area contributed by atoms with Gasteiger partial charge < -0.3 is 16.0 Å². The average molecular weight is 640 g/mol. The first-order chi connectivity index (χ1) is 19.9. The second-order valence-corrected chi connectivity index (χ2v) is 11.9. The van der Waals surface area contributed by atoms with Crippen molar-refractivity contribution in [3.8, 4) is 0 Å². The first-order valence-corrected chi connectivity index (χ1v) is 14.3. The van der Waals surface area contributed by atoms with Gasteiger partial charge in [0.25, 0.3) is 5.91 Å². The molecule has 7 nitrogen and oxygen atoms in total. The summed E-state index contributed by atoms with van der Waals surface area (Å²) in [5.41, 5.74) is 7.06. The van der Waals surface area contributed by atoms with E-state index in [2.05, 4.69) is 20.3 Å². The number of halogens is 8. The van der Waals surface area contributed by atoms with Crippen LogP contribution >= 0.6 is 11.3 Å². The number of aryl methyl sites for hydroxylation is 1. The van der Waals surface area contributed by atoms with E-state index < -0.39 is 86.5 Å². The van der Waals surface area contributed by atoms with E-state index in [1.165, 1.54) is 0 Å². The van der Waals surface area contributed by atoms with Gasteiger partial charge in [0.1, 0.15) is 10.7 Å². The minimum atomic E-state index is -4.47. The van der Waals surface area contributed by atoms with Gasteiger partial charge in [0.2, 0.25) is 11.8 Å². The van der Waals surface area contributed by atoms with Crippen LogP contribution in [0.3, 0.4) is 0 Å². The van der Waals surface area contributed by atoms with Crippen LogP contribution in [0.25, 0.3) is 11.0 Å². The Morgan fingerprint density at radius 1 is 1.09 bits per heavy atom. The van der Waals surface area contributed by atoms with Crippen LogP contribution in [0.5, 0.6) is 0 Å². The van der Waals surface area contributed by atoms with Crippen LogP contribution in [0.2, 0.25) is 0 Å². The molecule has 3 aromatic rings. The fourth-order valence-corrected chi connectivity index (χ4v) is 6.17. The van der Waals surface area contributed by atoms with Gasteiger partial charge >= 0.3 is 12.4 Å². The zero-order valence-corrected chi connectivity index (χ0v) is 23.7. The molecule has 0 radical (unpaired) electrons. The maximum Gasteiger partial charge on any atom is 0.389 e. The minimum Gasteiger partial charge on any atom is -0.365 e. The lowest BCUT2D eigenvalue weighted by Gasteiger charge is -2.32.